The third-order valence-electron chi connectivity index (χ3n) is 2.72. The monoisotopic (exact) mass is 222 g/mol. The zero-order chi connectivity index (χ0) is 10.5. The minimum absolute atomic E-state index is 0.559. The van der Waals surface area contributed by atoms with Crippen molar-refractivity contribution in [3.05, 3.63) is 35.6 Å². The van der Waals surface area contributed by atoms with Crippen molar-refractivity contribution in [3.63, 3.8) is 0 Å². The van der Waals surface area contributed by atoms with E-state index in [0.717, 1.165) is 18.2 Å². The molecule has 0 amide bonds. The third kappa shape index (κ3) is 2.96. The zero-order valence-electron chi connectivity index (χ0n) is 8.62. The maximum Gasteiger partial charge on any atom is 0.152 e. The Kier molecular flexibility index (Phi) is 3.62. The molecule has 0 fully saturated rings. The molecule has 0 radical (unpaired) electrons. The van der Waals surface area contributed by atoms with Crippen LogP contribution in [0.15, 0.2) is 30.5 Å². The number of allylic oxidation sites excluding steroid dienone is 2. The average molecular weight is 223 g/mol. The lowest BCUT2D eigenvalue weighted by atomic mass is 9.94. The smallest absolute Gasteiger partial charge is 0.152 e. The first-order valence-electron chi connectivity index (χ1n) is 5.35. The van der Waals surface area contributed by atoms with Crippen molar-refractivity contribution in [3.8, 4) is 0 Å². The van der Waals surface area contributed by atoms with E-state index in [0.29, 0.717) is 5.15 Å². The molecule has 1 heterocycles. The number of pyridine rings is 1. The molecule has 1 unspecified atom stereocenters. The van der Waals surface area contributed by atoms with Crippen LogP contribution >= 0.6 is 11.6 Å². The van der Waals surface area contributed by atoms with Gasteiger partial charge in [-0.15, -0.1) is 0 Å². The van der Waals surface area contributed by atoms with Crippen LogP contribution in [-0.4, -0.2) is 11.5 Å². The van der Waals surface area contributed by atoms with Gasteiger partial charge in [0.1, 0.15) is 0 Å². The highest BCUT2D eigenvalue weighted by Crippen LogP contribution is 2.21. The highest BCUT2D eigenvalue weighted by molar-refractivity contribution is 6.31. The Bertz CT molecular complexity index is 349. The van der Waals surface area contributed by atoms with Gasteiger partial charge in [-0.25, -0.2) is 4.98 Å². The van der Waals surface area contributed by atoms with E-state index in [1.807, 2.05) is 12.1 Å². The van der Waals surface area contributed by atoms with Crippen molar-refractivity contribution in [2.75, 3.05) is 11.9 Å². The molecular formula is C12H15ClN2. The van der Waals surface area contributed by atoms with Gasteiger partial charge in [-0.1, -0.05) is 23.8 Å². The molecule has 0 aromatic carbocycles. The third-order valence-corrected chi connectivity index (χ3v) is 3.02. The van der Waals surface area contributed by atoms with Crippen LogP contribution in [0.4, 0.5) is 5.69 Å². The number of halogens is 1. The van der Waals surface area contributed by atoms with Gasteiger partial charge in [0.25, 0.3) is 0 Å². The minimum Gasteiger partial charge on any atom is -0.382 e. The van der Waals surface area contributed by atoms with Crippen LogP contribution in [0.3, 0.4) is 0 Å². The molecule has 1 aliphatic rings. The fraction of sp³-hybridized carbons (Fsp3) is 0.417. The summed E-state index contributed by atoms with van der Waals surface area (Å²) >= 11 is 5.95. The van der Waals surface area contributed by atoms with Crippen molar-refractivity contribution in [1.29, 1.82) is 0 Å². The van der Waals surface area contributed by atoms with E-state index in [9.17, 15) is 0 Å². The molecule has 80 valence electrons. The van der Waals surface area contributed by atoms with Gasteiger partial charge in [-0.05, 0) is 37.3 Å². The van der Waals surface area contributed by atoms with Crippen molar-refractivity contribution in [2.24, 2.45) is 5.92 Å². The van der Waals surface area contributed by atoms with Gasteiger partial charge in [0.05, 0.1) is 5.69 Å². The second kappa shape index (κ2) is 5.17. The highest BCUT2D eigenvalue weighted by Gasteiger charge is 2.10. The quantitative estimate of drug-likeness (QED) is 0.626. The molecule has 0 aliphatic heterocycles. The van der Waals surface area contributed by atoms with Gasteiger partial charge in [0.15, 0.2) is 5.15 Å². The normalized spacial score (nSPS) is 20.2. The fourth-order valence-corrected chi connectivity index (χ4v) is 2.00. The van der Waals surface area contributed by atoms with E-state index in [2.05, 4.69) is 22.5 Å². The van der Waals surface area contributed by atoms with Crippen LogP contribution in [0.1, 0.15) is 19.3 Å². The van der Waals surface area contributed by atoms with Gasteiger partial charge < -0.3 is 5.32 Å². The van der Waals surface area contributed by atoms with E-state index in [-0.39, 0.29) is 0 Å². The molecule has 15 heavy (non-hydrogen) atoms. The highest BCUT2D eigenvalue weighted by atomic mass is 35.5. The Balaban J connectivity index is 1.87. The molecule has 1 aromatic heterocycles. The maximum atomic E-state index is 5.95. The van der Waals surface area contributed by atoms with E-state index in [4.69, 9.17) is 11.6 Å². The first kappa shape index (κ1) is 10.5. The van der Waals surface area contributed by atoms with Gasteiger partial charge in [0.2, 0.25) is 0 Å². The summed E-state index contributed by atoms with van der Waals surface area (Å²) in [5.74, 6) is 0.728. The molecule has 1 N–H and O–H groups in total. The number of rotatable bonds is 3. The molecule has 1 atom stereocenters. The van der Waals surface area contributed by atoms with Crippen LogP contribution < -0.4 is 5.32 Å². The predicted molar refractivity (Wildman–Crippen MR) is 64.2 cm³/mol. The zero-order valence-corrected chi connectivity index (χ0v) is 9.37. The molecular weight excluding hydrogens is 208 g/mol. The molecule has 0 spiro atoms. The first-order valence-corrected chi connectivity index (χ1v) is 5.73. The van der Waals surface area contributed by atoms with Crippen molar-refractivity contribution < 1.29 is 0 Å². The minimum atomic E-state index is 0.559. The second-order valence-corrected chi connectivity index (χ2v) is 4.23. The molecule has 1 aliphatic carbocycles. The molecule has 2 nitrogen and oxygen atoms in total. The Morgan fingerprint density at radius 1 is 1.47 bits per heavy atom. The summed E-state index contributed by atoms with van der Waals surface area (Å²) in [4.78, 5) is 4.03. The summed E-state index contributed by atoms with van der Waals surface area (Å²) in [6, 6.07) is 3.86. The number of hydrogen-bond acceptors (Lipinski definition) is 2. The lowest BCUT2D eigenvalue weighted by Gasteiger charge is -2.18. The summed E-state index contributed by atoms with van der Waals surface area (Å²) < 4.78 is 0. The first-order chi connectivity index (χ1) is 7.36. The molecule has 0 bridgehead atoms. The van der Waals surface area contributed by atoms with Crippen LogP contribution in [-0.2, 0) is 0 Å². The summed E-state index contributed by atoms with van der Waals surface area (Å²) in [6.07, 6.45) is 9.87. The van der Waals surface area contributed by atoms with Gasteiger partial charge in [0, 0.05) is 12.7 Å². The Hall–Kier alpha value is -1.02. The standard InChI is InChI=1S/C12H15ClN2/c13-12-11(7-4-8-14-12)15-9-10-5-2-1-3-6-10/h1-2,4,7-8,10,15H,3,5-6,9H2. The SMILES string of the molecule is Clc1ncccc1NCC1CC=CCC1. The van der Waals surface area contributed by atoms with Crippen LogP contribution in [0.5, 0.6) is 0 Å². The number of aromatic nitrogens is 1. The second-order valence-electron chi connectivity index (χ2n) is 3.87. The molecule has 0 saturated carbocycles. The van der Waals surface area contributed by atoms with E-state index in [1.54, 1.807) is 6.20 Å². The number of nitrogens with one attached hydrogen (secondary N) is 1. The van der Waals surface area contributed by atoms with E-state index >= 15 is 0 Å². The van der Waals surface area contributed by atoms with Crippen LogP contribution in [0.2, 0.25) is 5.15 Å². The van der Waals surface area contributed by atoms with Gasteiger partial charge in [-0.3, -0.25) is 0 Å². The number of nitrogens with zero attached hydrogens (tertiary/aromatic N) is 1. The lowest BCUT2D eigenvalue weighted by molar-refractivity contribution is 0.504. The summed E-state index contributed by atoms with van der Waals surface area (Å²) in [5.41, 5.74) is 0.939. The molecule has 1 aromatic rings. The topological polar surface area (TPSA) is 24.9 Å². The summed E-state index contributed by atoms with van der Waals surface area (Å²) in [5, 5.41) is 3.91. The van der Waals surface area contributed by atoms with Crippen LogP contribution in [0.25, 0.3) is 0 Å². The molecule has 0 saturated heterocycles. The van der Waals surface area contributed by atoms with E-state index in [1.165, 1.54) is 19.3 Å². The van der Waals surface area contributed by atoms with Crippen molar-refractivity contribution >= 4 is 17.3 Å². The molecule has 2 rings (SSSR count). The van der Waals surface area contributed by atoms with Crippen molar-refractivity contribution in [1.82, 2.24) is 4.98 Å². The average Bonchev–Trinajstić information content (AvgIpc) is 2.29. The fourth-order valence-electron chi connectivity index (χ4n) is 1.81. The number of hydrogen-bond donors (Lipinski definition) is 1. The lowest BCUT2D eigenvalue weighted by Crippen LogP contribution is -2.15. The van der Waals surface area contributed by atoms with E-state index < -0.39 is 0 Å². The van der Waals surface area contributed by atoms with Crippen molar-refractivity contribution in [2.45, 2.75) is 19.3 Å². The Morgan fingerprint density at radius 3 is 3.13 bits per heavy atom. The summed E-state index contributed by atoms with van der Waals surface area (Å²) in [7, 11) is 0. The maximum absolute atomic E-state index is 5.95. The summed E-state index contributed by atoms with van der Waals surface area (Å²) in [6.45, 7) is 0.982. The van der Waals surface area contributed by atoms with Gasteiger partial charge >= 0.3 is 0 Å². The molecule has 3 heteroatoms. The predicted octanol–water partition coefficient (Wildman–Crippen LogP) is 3.50. The number of anilines is 1. The Morgan fingerprint density at radius 2 is 2.40 bits per heavy atom. The largest absolute Gasteiger partial charge is 0.382 e. The van der Waals surface area contributed by atoms with Crippen LogP contribution in [0, 0.1) is 5.92 Å². The Labute approximate surface area is 95.4 Å². The van der Waals surface area contributed by atoms with Gasteiger partial charge in [-0.2, -0.15) is 0 Å².